The minimum Gasteiger partial charge on any atom is -0.472 e. The molecule has 2 amide bonds. The van der Waals surface area contributed by atoms with Gasteiger partial charge in [-0.2, -0.15) is 0 Å². The third-order valence-electron chi connectivity index (χ3n) is 7.23. The van der Waals surface area contributed by atoms with Gasteiger partial charge in [-0.15, -0.1) is 0 Å². The summed E-state index contributed by atoms with van der Waals surface area (Å²) >= 11 is 0. The monoisotopic (exact) mass is 543 g/mol. The van der Waals surface area contributed by atoms with E-state index in [1.807, 2.05) is 56.3 Å². The van der Waals surface area contributed by atoms with Crippen LogP contribution in [0.15, 0.2) is 60.8 Å². The molecule has 40 heavy (non-hydrogen) atoms. The van der Waals surface area contributed by atoms with E-state index in [0.717, 1.165) is 11.1 Å². The lowest BCUT2D eigenvalue weighted by Crippen LogP contribution is -2.50. The first-order valence-electron chi connectivity index (χ1n) is 13.3. The first kappa shape index (κ1) is 27.2. The van der Waals surface area contributed by atoms with Crippen molar-refractivity contribution in [2.45, 2.75) is 26.0 Å². The van der Waals surface area contributed by atoms with Crippen LogP contribution in [0.3, 0.4) is 0 Å². The van der Waals surface area contributed by atoms with Gasteiger partial charge in [0.1, 0.15) is 11.7 Å². The quantitative estimate of drug-likeness (QED) is 0.481. The number of hydrogen-bond donors (Lipinski definition) is 1. The summed E-state index contributed by atoms with van der Waals surface area (Å²) in [5.74, 6) is 0.753. The van der Waals surface area contributed by atoms with E-state index >= 15 is 0 Å². The van der Waals surface area contributed by atoms with Crippen molar-refractivity contribution in [1.82, 2.24) is 14.8 Å². The fourth-order valence-electron chi connectivity index (χ4n) is 4.79. The van der Waals surface area contributed by atoms with E-state index < -0.39 is 12.1 Å². The summed E-state index contributed by atoms with van der Waals surface area (Å²) in [6, 6.07) is 16.3. The van der Waals surface area contributed by atoms with Crippen LogP contribution in [0.4, 0.5) is 0 Å². The van der Waals surface area contributed by atoms with E-state index in [1.54, 1.807) is 47.3 Å². The van der Waals surface area contributed by atoms with Gasteiger partial charge in [0.15, 0.2) is 11.5 Å². The Kier molecular flexibility index (Phi) is 8.02. The molecule has 0 aliphatic carbocycles. The van der Waals surface area contributed by atoms with Crippen LogP contribution in [0.25, 0.3) is 12.2 Å². The Hall–Kier alpha value is -4.37. The number of aliphatic hydroxyl groups is 1. The molecule has 0 bridgehead atoms. The fraction of sp³-hybridized carbons (Fsp3) is 0.323. The van der Waals surface area contributed by atoms with Crippen molar-refractivity contribution in [3.05, 3.63) is 83.0 Å². The molecule has 9 nitrogen and oxygen atoms in total. The highest BCUT2D eigenvalue weighted by molar-refractivity contribution is 5.97. The van der Waals surface area contributed by atoms with Gasteiger partial charge >= 0.3 is 0 Å². The number of carbonyl (C=O) groups is 2. The number of hydrogen-bond acceptors (Lipinski definition) is 7. The molecule has 2 aliphatic rings. The average Bonchev–Trinajstić information content (AvgIpc) is 3.45. The van der Waals surface area contributed by atoms with Crippen LogP contribution in [-0.4, -0.2) is 77.4 Å². The molecule has 0 unspecified atom stereocenters. The van der Waals surface area contributed by atoms with Gasteiger partial charge in [0, 0.05) is 31.3 Å². The number of ether oxygens (including phenoxy) is 3. The Bertz CT molecular complexity index is 1410. The number of rotatable bonds is 7. The van der Waals surface area contributed by atoms with E-state index in [1.165, 1.54) is 0 Å². The first-order valence-corrected chi connectivity index (χ1v) is 13.3. The molecule has 0 spiro atoms. The third-order valence-corrected chi connectivity index (χ3v) is 7.23. The number of aliphatic hydroxyl groups excluding tert-OH is 1. The molecule has 0 radical (unpaired) electrons. The van der Waals surface area contributed by atoms with Gasteiger partial charge < -0.3 is 29.1 Å². The molecular weight excluding hydrogens is 510 g/mol. The Morgan fingerprint density at radius 1 is 1.12 bits per heavy atom. The van der Waals surface area contributed by atoms with E-state index in [4.69, 9.17) is 14.2 Å². The Labute approximate surface area is 233 Å². The highest BCUT2D eigenvalue weighted by Crippen LogP contribution is 2.33. The molecule has 2 aromatic carbocycles. The summed E-state index contributed by atoms with van der Waals surface area (Å²) in [4.78, 5) is 34.7. The Morgan fingerprint density at radius 3 is 2.65 bits per heavy atom. The van der Waals surface area contributed by atoms with E-state index in [0.29, 0.717) is 29.2 Å². The second-order valence-electron chi connectivity index (χ2n) is 10.2. The number of nitrogens with zero attached hydrogens (tertiary/aromatic N) is 3. The zero-order valence-electron chi connectivity index (χ0n) is 22.8. The molecule has 3 aromatic rings. The largest absolute Gasteiger partial charge is 0.472 e. The highest BCUT2D eigenvalue weighted by Gasteiger charge is 2.35. The minimum atomic E-state index is -0.457. The number of carbonyl (C=O) groups excluding carboxylic acids is 2. The summed E-state index contributed by atoms with van der Waals surface area (Å²) in [5, 5.41) is 9.92. The summed E-state index contributed by atoms with van der Waals surface area (Å²) in [7, 11) is 1.72. The lowest BCUT2D eigenvalue weighted by molar-refractivity contribution is 0.0313. The minimum absolute atomic E-state index is 0.133. The first-order chi connectivity index (χ1) is 19.3. The predicted molar refractivity (Wildman–Crippen MR) is 150 cm³/mol. The van der Waals surface area contributed by atoms with Crippen molar-refractivity contribution in [2.75, 3.05) is 33.5 Å². The summed E-state index contributed by atoms with van der Waals surface area (Å²) in [6.07, 6.45) is 5.05. The molecule has 0 saturated heterocycles. The second-order valence-corrected chi connectivity index (χ2v) is 10.2. The zero-order chi connectivity index (χ0) is 28.2. The van der Waals surface area contributed by atoms with Crippen LogP contribution in [-0.2, 0) is 0 Å². The van der Waals surface area contributed by atoms with E-state index in [9.17, 15) is 14.7 Å². The normalized spacial score (nSPS) is 19.0. The number of aromatic nitrogens is 1. The Balaban J connectivity index is 1.41. The van der Waals surface area contributed by atoms with Crippen molar-refractivity contribution >= 4 is 24.0 Å². The maximum Gasteiger partial charge on any atom is 0.259 e. The van der Waals surface area contributed by atoms with Crippen LogP contribution in [0.1, 0.15) is 45.7 Å². The average molecular weight is 544 g/mol. The van der Waals surface area contributed by atoms with Gasteiger partial charge in [-0.05, 0) is 42.3 Å². The molecule has 1 aromatic heterocycles. The van der Waals surface area contributed by atoms with E-state index in [2.05, 4.69) is 4.98 Å². The molecular formula is C31H33N3O6. The van der Waals surface area contributed by atoms with Crippen molar-refractivity contribution in [3.8, 4) is 17.4 Å². The zero-order valence-corrected chi connectivity index (χ0v) is 22.8. The van der Waals surface area contributed by atoms with Gasteiger partial charge in [-0.3, -0.25) is 9.59 Å². The van der Waals surface area contributed by atoms with Crippen LogP contribution in [0, 0.1) is 5.92 Å². The van der Waals surface area contributed by atoms with Gasteiger partial charge in [0.05, 0.1) is 19.2 Å². The molecule has 3 atom stereocenters. The van der Waals surface area contributed by atoms with Crippen LogP contribution in [0.2, 0.25) is 0 Å². The van der Waals surface area contributed by atoms with Gasteiger partial charge in [-0.25, -0.2) is 4.98 Å². The number of fused-ring (bicyclic) bond motifs is 2. The highest BCUT2D eigenvalue weighted by atomic mass is 16.7. The summed E-state index contributed by atoms with van der Waals surface area (Å²) < 4.78 is 17.1. The molecule has 9 heteroatoms. The van der Waals surface area contributed by atoms with Crippen LogP contribution in [0.5, 0.6) is 17.4 Å². The van der Waals surface area contributed by atoms with Gasteiger partial charge in [-0.1, -0.05) is 49.4 Å². The van der Waals surface area contributed by atoms with Crippen LogP contribution >= 0.6 is 0 Å². The van der Waals surface area contributed by atoms with Crippen molar-refractivity contribution in [1.29, 1.82) is 0 Å². The molecule has 5 rings (SSSR count). The smallest absolute Gasteiger partial charge is 0.259 e. The van der Waals surface area contributed by atoms with Crippen molar-refractivity contribution in [2.24, 2.45) is 5.92 Å². The molecule has 0 fully saturated rings. The fourth-order valence-corrected chi connectivity index (χ4v) is 4.79. The van der Waals surface area contributed by atoms with Crippen molar-refractivity contribution in [3.63, 3.8) is 0 Å². The summed E-state index contributed by atoms with van der Waals surface area (Å²) in [6.45, 7) is 4.35. The van der Waals surface area contributed by atoms with Crippen molar-refractivity contribution < 1.29 is 28.9 Å². The number of benzene rings is 2. The topological polar surface area (TPSA) is 101 Å². The summed E-state index contributed by atoms with van der Waals surface area (Å²) in [5.41, 5.74) is 2.56. The maximum absolute atomic E-state index is 13.7. The van der Waals surface area contributed by atoms with Gasteiger partial charge in [0.2, 0.25) is 12.7 Å². The lowest BCUT2D eigenvalue weighted by atomic mass is 9.99. The Morgan fingerprint density at radius 2 is 1.88 bits per heavy atom. The standard InChI is InChI=1S/C31H33N3O6/c1-20-16-34(21(2)18-35)31(37)25-13-23(10-9-22-7-5-4-6-8-22)15-32-29(25)40-28(20)17-33(3)30(36)24-11-12-26-27(14-24)39-19-38-26/h4-15,20-21,28,35H,16-19H2,1-3H3/t20-,21+,28+/m0/s1. The lowest BCUT2D eigenvalue weighted by Gasteiger charge is -2.37. The molecule has 0 saturated carbocycles. The van der Waals surface area contributed by atoms with E-state index in [-0.39, 0.29) is 43.6 Å². The third kappa shape index (κ3) is 5.79. The number of amides is 2. The van der Waals surface area contributed by atoms with Gasteiger partial charge in [0.25, 0.3) is 11.8 Å². The number of likely N-dealkylation sites (N-methyl/N-ethyl adjacent to an activating group) is 1. The van der Waals surface area contributed by atoms with Crippen LogP contribution < -0.4 is 14.2 Å². The maximum atomic E-state index is 13.7. The molecule has 3 heterocycles. The SMILES string of the molecule is C[C@H](CO)N1C[C@H](C)[C@@H](CN(C)C(=O)c2ccc3c(c2)OCO3)Oc2ncc(C=Cc3ccccc3)cc2C1=O. The molecule has 2 aliphatic heterocycles. The predicted octanol–water partition coefficient (Wildman–Crippen LogP) is 3.97. The molecule has 1 N–H and O–H groups in total. The second kappa shape index (κ2) is 11.8. The number of pyridine rings is 1. The molecule has 208 valence electrons.